The number of hydrogen-bond donors (Lipinski definition) is 2. The summed E-state index contributed by atoms with van der Waals surface area (Å²) in [5.74, 6) is 0.916. The van der Waals surface area contributed by atoms with Gasteiger partial charge in [0.05, 0.1) is 12.7 Å². The Morgan fingerprint density at radius 3 is 2.41 bits per heavy atom. The lowest BCUT2D eigenvalue weighted by atomic mass is 9.78. The van der Waals surface area contributed by atoms with E-state index in [9.17, 15) is 9.90 Å². The number of benzene rings is 1. The number of aliphatic hydroxyl groups excluding tert-OH is 1. The minimum Gasteiger partial charge on any atom is -0.466 e. The van der Waals surface area contributed by atoms with Crippen LogP contribution >= 0.6 is 0 Å². The van der Waals surface area contributed by atoms with Crippen LogP contribution in [0.4, 0.5) is 0 Å². The van der Waals surface area contributed by atoms with Crippen LogP contribution in [0.1, 0.15) is 81.9 Å². The molecule has 1 aliphatic carbocycles. The molecule has 4 nitrogen and oxygen atoms in total. The summed E-state index contributed by atoms with van der Waals surface area (Å²) in [6.07, 6.45) is 9.97. The Labute approximate surface area is 164 Å². The lowest BCUT2D eigenvalue weighted by Gasteiger charge is -2.31. The minimum absolute atomic E-state index is 0.107. The molecule has 1 unspecified atom stereocenters. The van der Waals surface area contributed by atoms with Crippen molar-refractivity contribution in [3.8, 4) is 0 Å². The number of nitrogens with two attached hydrogens (primary N) is 1. The maximum atomic E-state index is 11.0. The fourth-order valence-corrected chi connectivity index (χ4v) is 3.97. The average Bonchev–Trinajstić information content (AvgIpc) is 2.72. The van der Waals surface area contributed by atoms with E-state index in [1.165, 1.54) is 5.56 Å². The van der Waals surface area contributed by atoms with Crippen molar-refractivity contribution in [2.45, 2.75) is 77.2 Å². The quantitative estimate of drug-likeness (QED) is 0.440. The molecule has 0 aliphatic heterocycles. The van der Waals surface area contributed by atoms with Crippen molar-refractivity contribution in [2.75, 3.05) is 13.2 Å². The summed E-state index contributed by atoms with van der Waals surface area (Å²) in [6, 6.07) is 8.51. The van der Waals surface area contributed by atoms with Crippen molar-refractivity contribution >= 4 is 5.97 Å². The summed E-state index contributed by atoms with van der Waals surface area (Å²) in [7, 11) is 0. The predicted molar refractivity (Wildman–Crippen MR) is 109 cm³/mol. The summed E-state index contributed by atoms with van der Waals surface area (Å²) in [4.78, 5) is 11.0. The molecule has 0 saturated heterocycles. The van der Waals surface area contributed by atoms with E-state index in [2.05, 4.69) is 24.3 Å². The Balaban J connectivity index is 1.64. The predicted octanol–water partition coefficient (Wildman–Crippen LogP) is 4.54. The Morgan fingerprint density at radius 2 is 1.78 bits per heavy atom. The highest BCUT2D eigenvalue weighted by Gasteiger charge is 2.26. The normalized spacial score (nSPS) is 21.0. The van der Waals surface area contributed by atoms with Crippen molar-refractivity contribution in [2.24, 2.45) is 17.6 Å². The van der Waals surface area contributed by atoms with E-state index in [0.717, 1.165) is 69.9 Å². The smallest absolute Gasteiger partial charge is 0.305 e. The summed E-state index contributed by atoms with van der Waals surface area (Å²) in [6.45, 7) is 3.15. The van der Waals surface area contributed by atoms with Crippen LogP contribution in [0.5, 0.6) is 0 Å². The molecule has 27 heavy (non-hydrogen) atoms. The average molecular weight is 376 g/mol. The maximum Gasteiger partial charge on any atom is 0.305 e. The first-order chi connectivity index (χ1) is 13.1. The van der Waals surface area contributed by atoms with Gasteiger partial charge in [0, 0.05) is 6.42 Å². The highest BCUT2D eigenvalue weighted by atomic mass is 16.5. The largest absolute Gasteiger partial charge is 0.466 e. The molecule has 0 aromatic heterocycles. The molecule has 0 heterocycles. The maximum absolute atomic E-state index is 11.0. The van der Waals surface area contributed by atoms with Crippen LogP contribution in [0.3, 0.4) is 0 Å². The number of carbonyl (C=O) groups excluding carboxylic acids is 1. The first-order valence-electron chi connectivity index (χ1n) is 10.8. The Hall–Kier alpha value is -1.39. The molecule has 3 N–H and O–H groups in total. The van der Waals surface area contributed by atoms with Crippen LogP contribution in [-0.2, 0) is 16.0 Å². The van der Waals surface area contributed by atoms with E-state index in [4.69, 9.17) is 10.5 Å². The molecule has 1 saturated carbocycles. The number of esters is 1. The summed E-state index contributed by atoms with van der Waals surface area (Å²) in [5, 5.41) is 10.7. The second-order valence-corrected chi connectivity index (χ2v) is 7.94. The number of carbonyl (C=O) groups is 1. The zero-order valence-electron chi connectivity index (χ0n) is 16.9. The van der Waals surface area contributed by atoms with Gasteiger partial charge in [0.2, 0.25) is 0 Å². The van der Waals surface area contributed by atoms with Gasteiger partial charge < -0.3 is 15.6 Å². The SMILES string of the molecule is CCC(=O)OCCCCCCc1ccc(C(O)C2CCC(CN)CC2)cc1. The monoisotopic (exact) mass is 375 g/mol. The van der Waals surface area contributed by atoms with Crippen LogP contribution in [0, 0.1) is 11.8 Å². The lowest BCUT2D eigenvalue weighted by Crippen LogP contribution is -2.24. The van der Waals surface area contributed by atoms with E-state index in [-0.39, 0.29) is 12.1 Å². The van der Waals surface area contributed by atoms with Crippen LogP contribution in [-0.4, -0.2) is 24.2 Å². The minimum atomic E-state index is -0.344. The number of aliphatic hydroxyl groups is 1. The van der Waals surface area contributed by atoms with Gasteiger partial charge in [-0.25, -0.2) is 0 Å². The summed E-state index contributed by atoms with van der Waals surface area (Å²) in [5.41, 5.74) is 8.14. The topological polar surface area (TPSA) is 72.5 Å². The van der Waals surface area contributed by atoms with Crippen molar-refractivity contribution in [1.29, 1.82) is 0 Å². The molecule has 0 amide bonds. The van der Waals surface area contributed by atoms with Crippen molar-refractivity contribution in [3.63, 3.8) is 0 Å². The first kappa shape index (κ1) is 21.9. The number of ether oxygens (including phenoxy) is 1. The van der Waals surface area contributed by atoms with Gasteiger partial charge in [-0.3, -0.25) is 4.79 Å². The highest BCUT2D eigenvalue weighted by Crippen LogP contribution is 2.36. The van der Waals surface area contributed by atoms with Crippen molar-refractivity contribution in [3.05, 3.63) is 35.4 Å². The van der Waals surface area contributed by atoms with Gasteiger partial charge in [-0.15, -0.1) is 0 Å². The van der Waals surface area contributed by atoms with Crippen molar-refractivity contribution in [1.82, 2.24) is 0 Å². The Bertz CT molecular complexity index is 535. The van der Waals surface area contributed by atoms with E-state index in [1.54, 1.807) is 0 Å². The van der Waals surface area contributed by atoms with Crippen LogP contribution in [0.15, 0.2) is 24.3 Å². The highest BCUT2D eigenvalue weighted by molar-refractivity contribution is 5.68. The lowest BCUT2D eigenvalue weighted by molar-refractivity contribution is -0.143. The van der Waals surface area contributed by atoms with E-state index in [1.807, 2.05) is 6.92 Å². The van der Waals surface area contributed by atoms with Crippen LogP contribution in [0.25, 0.3) is 0 Å². The van der Waals surface area contributed by atoms with Crippen molar-refractivity contribution < 1.29 is 14.6 Å². The molecule has 1 atom stereocenters. The fraction of sp³-hybridized carbons (Fsp3) is 0.696. The van der Waals surface area contributed by atoms with E-state index in [0.29, 0.717) is 24.9 Å². The van der Waals surface area contributed by atoms with Gasteiger partial charge >= 0.3 is 5.97 Å². The molecule has 1 aromatic rings. The Morgan fingerprint density at radius 1 is 1.11 bits per heavy atom. The molecule has 1 fully saturated rings. The summed E-state index contributed by atoms with van der Waals surface area (Å²) < 4.78 is 5.08. The molecule has 0 radical (unpaired) electrons. The van der Waals surface area contributed by atoms with Gasteiger partial charge in [0.1, 0.15) is 0 Å². The molecule has 1 aliphatic rings. The third-order valence-corrected chi connectivity index (χ3v) is 5.90. The number of rotatable bonds is 11. The van der Waals surface area contributed by atoms with Gasteiger partial charge in [-0.05, 0) is 74.5 Å². The number of aryl methyl sites for hydroxylation is 1. The van der Waals surface area contributed by atoms with Crippen LogP contribution < -0.4 is 5.73 Å². The van der Waals surface area contributed by atoms with Crippen LogP contribution in [0.2, 0.25) is 0 Å². The molecule has 2 rings (SSSR count). The molecular weight excluding hydrogens is 338 g/mol. The molecule has 1 aromatic carbocycles. The third-order valence-electron chi connectivity index (χ3n) is 5.90. The molecular formula is C23H37NO3. The number of hydrogen-bond acceptors (Lipinski definition) is 4. The van der Waals surface area contributed by atoms with Gasteiger partial charge in [-0.1, -0.05) is 44.0 Å². The van der Waals surface area contributed by atoms with Gasteiger partial charge in [-0.2, -0.15) is 0 Å². The summed E-state index contributed by atoms with van der Waals surface area (Å²) >= 11 is 0. The zero-order chi connectivity index (χ0) is 19.5. The third kappa shape index (κ3) is 7.63. The molecule has 0 bridgehead atoms. The van der Waals surface area contributed by atoms with E-state index >= 15 is 0 Å². The number of unbranched alkanes of at least 4 members (excludes halogenated alkanes) is 3. The second-order valence-electron chi connectivity index (χ2n) is 7.94. The first-order valence-corrected chi connectivity index (χ1v) is 10.8. The Kier molecular flexibility index (Phi) is 9.85. The molecule has 0 spiro atoms. The van der Waals surface area contributed by atoms with Gasteiger partial charge in [0.25, 0.3) is 0 Å². The van der Waals surface area contributed by atoms with E-state index < -0.39 is 0 Å². The fourth-order valence-electron chi connectivity index (χ4n) is 3.97. The molecule has 152 valence electrons. The standard InChI is InChI=1S/C23H37NO3/c1-2-22(25)27-16-6-4-3-5-7-18-8-12-20(13-9-18)23(26)21-14-10-19(17-24)11-15-21/h8-9,12-13,19,21,23,26H,2-7,10-11,14-17,24H2,1H3. The zero-order valence-corrected chi connectivity index (χ0v) is 16.9. The molecule has 4 heteroatoms. The van der Waals surface area contributed by atoms with Gasteiger partial charge in [0.15, 0.2) is 0 Å². The second kappa shape index (κ2) is 12.1.